The van der Waals surface area contributed by atoms with E-state index < -0.39 is 24.0 Å². The molecule has 0 heterocycles. The first-order chi connectivity index (χ1) is 14.6. The summed E-state index contributed by atoms with van der Waals surface area (Å²) in [6.07, 6.45) is 11.2. The molecule has 0 aromatic heterocycles. The molecule has 3 N–H and O–H groups in total. The maximum Gasteiger partial charge on any atom is 0.327 e. The van der Waals surface area contributed by atoms with Crippen molar-refractivity contribution in [1.82, 2.24) is 10.6 Å². The molecule has 31 heavy (non-hydrogen) atoms. The number of amides is 2. The summed E-state index contributed by atoms with van der Waals surface area (Å²) in [6.45, 7) is 11.6. The Morgan fingerprint density at radius 2 is 1.45 bits per heavy atom. The highest BCUT2D eigenvalue weighted by Gasteiger charge is 2.24. The normalized spacial score (nSPS) is 13.9. The third kappa shape index (κ3) is 15.4. The molecule has 0 fully saturated rings. The lowest BCUT2D eigenvalue weighted by Crippen LogP contribution is -2.51. The first-order valence-electron chi connectivity index (χ1n) is 10.9. The van der Waals surface area contributed by atoms with E-state index in [1.807, 2.05) is 0 Å². The third-order valence-corrected chi connectivity index (χ3v) is 5.65. The summed E-state index contributed by atoms with van der Waals surface area (Å²) in [6, 6.07) is -1.70. The Kier molecular flexibility index (Phi) is 15.6. The van der Waals surface area contributed by atoms with Crippen LogP contribution in [0, 0.1) is 0 Å². The van der Waals surface area contributed by atoms with Crippen molar-refractivity contribution in [2.45, 2.75) is 85.7 Å². The summed E-state index contributed by atoms with van der Waals surface area (Å²) in [7, 11) is 0. The molecule has 0 aromatic rings. The van der Waals surface area contributed by atoms with Gasteiger partial charge in [0, 0.05) is 18.4 Å². The Hall–Kier alpha value is -2.02. The molecule has 0 rings (SSSR count). The number of hydrogen-bond donors (Lipinski definition) is 3. The largest absolute Gasteiger partial charge is 0.480 e. The molecular weight excluding hydrogens is 412 g/mol. The smallest absolute Gasteiger partial charge is 0.327 e. The zero-order valence-electron chi connectivity index (χ0n) is 19.9. The fraction of sp³-hybridized carbons (Fsp3) is 0.625. The highest BCUT2D eigenvalue weighted by Crippen LogP contribution is 2.13. The van der Waals surface area contributed by atoms with E-state index >= 15 is 0 Å². The number of carbonyl (C=O) groups excluding carboxylic acids is 2. The molecule has 0 aliphatic heterocycles. The maximum atomic E-state index is 12.2. The highest BCUT2D eigenvalue weighted by atomic mass is 32.2. The van der Waals surface area contributed by atoms with Gasteiger partial charge in [-0.15, -0.1) is 0 Å². The molecule has 0 saturated heterocycles. The van der Waals surface area contributed by atoms with Crippen LogP contribution in [0.15, 0.2) is 34.9 Å². The zero-order chi connectivity index (χ0) is 23.8. The molecule has 0 unspecified atom stereocenters. The van der Waals surface area contributed by atoms with Crippen LogP contribution in [0.5, 0.6) is 0 Å². The van der Waals surface area contributed by atoms with Crippen LogP contribution in [0.4, 0.5) is 0 Å². The fourth-order valence-electron chi connectivity index (χ4n) is 2.77. The molecule has 0 spiro atoms. The van der Waals surface area contributed by atoms with Gasteiger partial charge in [-0.25, -0.2) is 4.79 Å². The van der Waals surface area contributed by atoms with E-state index in [1.165, 1.54) is 35.4 Å². The quantitative estimate of drug-likeness (QED) is 0.249. The number of hydrogen-bond acceptors (Lipinski definition) is 4. The molecule has 6 nitrogen and oxygen atoms in total. The number of allylic oxidation sites excluding steroid dienone is 5. The summed E-state index contributed by atoms with van der Waals surface area (Å²) in [5, 5.41) is 14.4. The Morgan fingerprint density at radius 3 is 1.97 bits per heavy atom. The Labute approximate surface area is 192 Å². The van der Waals surface area contributed by atoms with Gasteiger partial charge in [-0.2, -0.15) is 11.8 Å². The van der Waals surface area contributed by atoms with Gasteiger partial charge in [-0.1, -0.05) is 41.9 Å². The van der Waals surface area contributed by atoms with E-state index in [1.54, 1.807) is 6.92 Å². The maximum absolute atomic E-state index is 12.2. The predicted molar refractivity (Wildman–Crippen MR) is 130 cm³/mol. The number of carboxylic acid groups (broad SMARTS) is 1. The van der Waals surface area contributed by atoms with Gasteiger partial charge >= 0.3 is 5.97 Å². The van der Waals surface area contributed by atoms with Gasteiger partial charge in [0.25, 0.3) is 0 Å². The zero-order valence-corrected chi connectivity index (χ0v) is 20.7. The van der Waals surface area contributed by atoms with Crippen molar-refractivity contribution in [2.24, 2.45) is 0 Å². The number of rotatable bonds is 15. The molecule has 176 valence electrons. The lowest BCUT2D eigenvalue weighted by molar-refractivity contribution is -0.141. The van der Waals surface area contributed by atoms with E-state index in [9.17, 15) is 19.5 Å². The molecular formula is C24H40N2O4S. The van der Waals surface area contributed by atoms with Crippen LogP contribution in [0.3, 0.4) is 0 Å². The monoisotopic (exact) mass is 452 g/mol. The lowest BCUT2D eigenvalue weighted by atomic mass is 10.1. The van der Waals surface area contributed by atoms with Gasteiger partial charge in [0.2, 0.25) is 11.8 Å². The standard InChI is InChI=1S/C24H40N2O4S/c1-7-21(25-20(6)27)23(28)26-22(24(29)30)16-31-15-14-19(5)13-9-12-18(4)11-8-10-17(2)3/h10,12,14,21-22H,7-9,11,13,15-16H2,1-6H3,(H,25,27)(H,26,28)(H,29,30)/b18-12+,19-14+/t21-,22+/m1/s1. The lowest BCUT2D eigenvalue weighted by Gasteiger charge is -2.19. The van der Waals surface area contributed by atoms with E-state index in [0.29, 0.717) is 12.2 Å². The minimum absolute atomic E-state index is 0.269. The average molecular weight is 453 g/mol. The van der Waals surface area contributed by atoms with Gasteiger partial charge in [0.1, 0.15) is 12.1 Å². The topological polar surface area (TPSA) is 95.5 Å². The van der Waals surface area contributed by atoms with Gasteiger partial charge < -0.3 is 15.7 Å². The van der Waals surface area contributed by atoms with E-state index in [2.05, 4.69) is 56.6 Å². The van der Waals surface area contributed by atoms with Crippen LogP contribution in [0.2, 0.25) is 0 Å². The summed E-state index contributed by atoms with van der Waals surface area (Å²) < 4.78 is 0. The first kappa shape index (κ1) is 29.0. The van der Waals surface area contributed by atoms with Gasteiger partial charge in [0.05, 0.1) is 0 Å². The summed E-state index contributed by atoms with van der Waals surface area (Å²) in [4.78, 5) is 34.9. The van der Waals surface area contributed by atoms with Crippen LogP contribution in [0.25, 0.3) is 0 Å². The molecule has 2 amide bonds. The fourth-order valence-corrected chi connectivity index (χ4v) is 3.77. The van der Waals surface area contributed by atoms with Crippen molar-refractivity contribution in [2.75, 3.05) is 11.5 Å². The van der Waals surface area contributed by atoms with Crippen LogP contribution >= 0.6 is 11.8 Å². The number of nitrogens with one attached hydrogen (secondary N) is 2. The first-order valence-corrected chi connectivity index (χ1v) is 12.0. The molecule has 2 atom stereocenters. The summed E-state index contributed by atoms with van der Waals surface area (Å²) in [5.74, 6) is -0.901. The second kappa shape index (κ2) is 16.6. The van der Waals surface area contributed by atoms with Crippen molar-refractivity contribution in [3.8, 4) is 0 Å². The van der Waals surface area contributed by atoms with Crippen molar-refractivity contribution >= 4 is 29.5 Å². The van der Waals surface area contributed by atoms with Gasteiger partial charge in [-0.05, 0) is 59.8 Å². The number of thioether (sulfide) groups is 1. The van der Waals surface area contributed by atoms with Gasteiger partial charge in [0.15, 0.2) is 0 Å². The van der Waals surface area contributed by atoms with E-state index in [-0.39, 0.29) is 11.7 Å². The number of carbonyl (C=O) groups is 3. The predicted octanol–water partition coefficient (Wildman–Crippen LogP) is 4.62. The molecule has 0 radical (unpaired) electrons. The molecule has 0 saturated carbocycles. The molecule has 0 aliphatic carbocycles. The van der Waals surface area contributed by atoms with Crippen molar-refractivity contribution in [3.63, 3.8) is 0 Å². The van der Waals surface area contributed by atoms with Crippen LogP contribution in [-0.4, -0.2) is 46.5 Å². The van der Waals surface area contributed by atoms with Crippen molar-refractivity contribution in [1.29, 1.82) is 0 Å². The number of carboxylic acids is 1. The van der Waals surface area contributed by atoms with E-state index in [0.717, 1.165) is 25.7 Å². The molecule has 0 aromatic carbocycles. The number of aliphatic carboxylic acids is 1. The van der Waals surface area contributed by atoms with Crippen molar-refractivity contribution < 1.29 is 19.5 Å². The molecule has 0 aliphatic rings. The van der Waals surface area contributed by atoms with Crippen LogP contribution in [-0.2, 0) is 14.4 Å². The molecule has 0 bridgehead atoms. The highest BCUT2D eigenvalue weighted by molar-refractivity contribution is 7.99. The average Bonchev–Trinajstić information content (AvgIpc) is 2.67. The second-order valence-corrected chi connectivity index (χ2v) is 9.13. The summed E-state index contributed by atoms with van der Waals surface area (Å²) in [5.41, 5.74) is 4.03. The Balaban J connectivity index is 4.40. The molecule has 7 heteroatoms. The van der Waals surface area contributed by atoms with Gasteiger partial charge in [-0.3, -0.25) is 9.59 Å². The Morgan fingerprint density at radius 1 is 0.871 bits per heavy atom. The summed E-state index contributed by atoms with van der Waals surface area (Å²) >= 11 is 1.47. The second-order valence-electron chi connectivity index (χ2n) is 8.06. The van der Waals surface area contributed by atoms with Crippen LogP contribution in [0.1, 0.15) is 73.6 Å². The van der Waals surface area contributed by atoms with Crippen molar-refractivity contribution in [3.05, 3.63) is 34.9 Å². The third-order valence-electron chi connectivity index (χ3n) is 4.67. The minimum atomic E-state index is -1.08. The minimum Gasteiger partial charge on any atom is -0.480 e. The Bertz CT molecular complexity index is 679. The van der Waals surface area contributed by atoms with Crippen LogP contribution < -0.4 is 10.6 Å². The van der Waals surface area contributed by atoms with E-state index in [4.69, 9.17) is 0 Å². The SMILES string of the molecule is CC[C@@H](NC(C)=O)C(=O)N[C@@H](CSC/C=C(\C)CC/C=C(\C)CCC=C(C)C)C(=O)O.